The Labute approximate surface area is 192 Å². The zero-order chi connectivity index (χ0) is 22.8. The molecule has 0 aliphatic heterocycles. The van der Waals surface area contributed by atoms with Crippen LogP contribution in [0.3, 0.4) is 0 Å². The lowest BCUT2D eigenvalue weighted by atomic mass is 10.1. The van der Waals surface area contributed by atoms with Gasteiger partial charge in [-0.1, -0.05) is 42.1 Å². The van der Waals surface area contributed by atoms with E-state index in [2.05, 4.69) is 10.2 Å². The van der Waals surface area contributed by atoms with Gasteiger partial charge in [0.05, 0.1) is 7.11 Å². The van der Waals surface area contributed by atoms with E-state index < -0.39 is 5.63 Å². The second-order valence-corrected chi connectivity index (χ2v) is 8.17. The van der Waals surface area contributed by atoms with E-state index >= 15 is 0 Å². The molecule has 0 bridgehead atoms. The van der Waals surface area contributed by atoms with Crippen molar-refractivity contribution in [1.29, 1.82) is 0 Å². The van der Waals surface area contributed by atoms with Gasteiger partial charge in [0.1, 0.15) is 17.1 Å². The fourth-order valence-electron chi connectivity index (χ4n) is 3.56. The van der Waals surface area contributed by atoms with Crippen LogP contribution in [0, 0.1) is 5.82 Å². The second-order valence-electron chi connectivity index (χ2n) is 7.23. The largest absolute Gasteiger partial charge is 0.497 e. The van der Waals surface area contributed by atoms with Gasteiger partial charge in [0, 0.05) is 34.5 Å². The first-order valence-corrected chi connectivity index (χ1v) is 11.1. The fourth-order valence-corrected chi connectivity index (χ4v) is 4.50. The predicted octanol–water partition coefficient (Wildman–Crippen LogP) is 5.48. The van der Waals surface area contributed by atoms with Crippen LogP contribution in [0.15, 0.2) is 93.2 Å². The van der Waals surface area contributed by atoms with Gasteiger partial charge in [-0.2, -0.15) is 0 Å². The molecule has 6 nitrogen and oxygen atoms in total. The van der Waals surface area contributed by atoms with Crippen LogP contribution in [0.5, 0.6) is 5.75 Å². The molecular weight excluding hydrogens is 441 g/mol. The number of benzene rings is 3. The van der Waals surface area contributed by atoms with Crippen LogP contribution in [0.1, 0.15) is 5.56 Å². The molecule has 5 rings (SSSR count). The number of hydrogen-bond donors (Lipinski definition) is 0. The molecule has 8 heteroatoms. The monoisotopic (exact) mass is 459 g/mol. The van der Waals surface area contributed by atoms with E-state index in [0.717, 1.165) is 22.2 Å². The number of ether oxygens (including phenoxy) is 1. The van der Waals surface area contributed by atoms with E-state index in [1.54, 1.807) is 25.3 Å². The molecule has 0 amide bonds. The lowest BCUT2D eigenvalue weighted by Crippen LogP contribution is -2.02. The van der Waals surface area contributed by atoms with Crippen LogP contribution in [0.4, 0.5) is 4.39 Å². The number of halogens is 1. The molecule has 5 aromatic rings. The maximum atomic E-state index is 13.6. The number of aromatic nitrogens is 3. The molecule has 0 aliphatic rings. The summed E-state index contributed by atoms with van der Waals surface area (Å²) in [6, 6.07) is 22.7. The Morgan fingerprint density at radius 3 is 2.55 bits per heavy atom. The molecule has 0 aliphatic carbocycles. The Balaban J connectivity index is 1.55. The van der Waals surface area contributed by atoms with Gasteiger partial charge in [0.15, 0.2) is 11.0 Å². The summed E-state index contributed by atoms with van der Waals surface area (Å²) in [5, 5.41) is 10.2. The van der Waals surface area contributed by atoms with Gasteiger partial charge >= 0.3 is 5.63 Å². The summed E-state index contributed by atoms with van der Waals surface area (Å²) >= 11 is 1.43. The molecule has 0 spiro atoms. The molecule has 3 aromatic carbocycles. The van der Waals surface area contributed by atoms with Crippen LogP contribution in [0.2, 0.25) is 0 Å². The highest BCUT2D eigenvalue weighted by Gasteiger charge is 2.17. The van der Waals surface area contributed by atoms with Gasteiger partial charge in [-0.05, 0) is 42.0 Å². The average Bonchev–Trinajstić information content (AvgIpc) is 3.27. The number of methoxy groups -OCH3 is 1. The van der Waals surface area contributed by atoms with E-state index in [9.17, 15) is 9.18 Å². The molecule has 0 unspecified atom stereocenters. The molecule has 2 heterocycles. The minimum atomic E-state index is -0.434. The normalized spacial score (nSPS) is 11.1. The Hall–Kier alpha value is -3.91. The Morgan fingerprint density at radius 2 is 1.79 bits per heavy atom. The Kier molecular flexibility index (Phi) is 5.66. The van der Waals surface area contributed by atoms with Gasteiger partial charge in [-0.15, -0.1) is 10.2 Å². The number of hydrogen-bond acceptors (Lipinski definition) is 6. The van der Waals surface area contributed by atoms with Crippen molar-refractivity contribution in [1.82, 2.24) is 14.8 Å². The van der Waals surface area contributed by atoms with E-state index in [1.807, 2.05) is 47.0 Å². The Morgan fingerprint density at radius 1 is 1.00 bits per heavy atom. The average molecular weight is 460 g/mol. The van der Waals surface area contributed by atoms with Crippen molar-refractivity contribution < 1.29 is 13.5 Å². The van der Waals surface area contributed by atoms with Crippen molar-refractivity contribution in [3.63, 3.8) is 0 Å². The van der Waals surface area contributed by atoms with Crippen LogP contribution in [0.25, 0.3) is 28.0 Å². The molecule has 2 aromatic heterocycles. The molecule has 33 heavy (non-hydrogen) atoms. The molecule has 0 atom stereocenters. The van der Waals surface area contributed by atoms with Crippen LogP contribution in [-0.4, -0.2) is 21.9 Å². The summed E-state index contributed by atoms with van der Waals surface area (Å²) in [6.45, 7) is 0. The third-order valence-electron chi connectivity index (χ3n) is 5.14. The molecule has 0 saturated heterocycles. The zero-order valence-electron chi connectivity index (χ0n) is 17.6. The highest BCUT2D eigenvalue weighted by atomic mass is 32.2. The zero-order valence-corrected chi connectivity index (χ0v) is 18.4. The van der Waals surface area contributed by atoms with Crippen LogP contribution in [-0.2, 0) is 5.75 Å². The number of thioether (sulfide) groups is 1. The minimum absolute atomic E-state index is 0.319. The SMILES string of the molecule is COc1ccc2c(CSc3nnc(-c4ccccc4)n3-c3ccc(F)cc3)cc(=O)oc2c1. The Bertz CT molecular complexity index is 1480. The third kappa shape index (κ3) is 4.25. The van der Waals surface area contributed by atoms with Crippen molar-refractivity contribution in [2.45, 2.75) is 10.9 Å². The fraction of sp³-hybridized carbons (Fsp3) is 0.0800. The molecule has 0 saturated carbocycles. The highest BCUT2D eigenvalue weighted by Crippen LogP contribution is 2.32. The summed E-state index contributed by atoms with van der Waals surface area (Å²) in [6.07, 6.45) is 0. The quantitative estimate of drug-likeness (QED) is 0.247. The van der Waals surface area contributed by atoms with Gasteiger partial charge in [0.25, 0.3) is 0 Å². The summed E-state index contributed by atoms with van der Waals surface area (Å²) in [5.74, 6) is 1.40. The van der Waals surface area contributed by atoms with E-state index in [1.165, 1.54) is 30.0 Å². The number of nitrogens with zero attached hydrogens (tertiary/aromatic N) is 3. The lowest BCUT2D eigenvalue weighted by molar-refractivity contribution is 0.414. The number of fused-ring (bicyclic) bond motifs is 1. The van der Waals surface area contributed by atoms with Crippen molar-refractivity contribution in [2.24, 2.45) is 0 Å². The molecular formula is C25H18FN3O3S. The highest BCUT2D eigenvalue weighted by molar-refractivity contribution is 7.98. The van der Waals surface area contributed by atoms with Crippen molar-refractivity contribution in [3.05, 3.63) is 101 Å². The lowest BCUT2D eigenvalue weighted by Gasteiger charge is -2.11. The van der Waals surface area contributed by atoms with Crippen molar-refractivity contribution in [2.75, 3.05) is 7.11 Å². The predicted molar refractivity (Wildman–Crippen MR) is 125 cm³/mol. The maximum Gasteiger partial charge on any atom is 0.336 e. The molecule has 0 fully saturated rings. The first kappa shape index (κ1) is 21.0. The van der Waals surface area contributed by atoms with Crippen LogP contribution >= 0.6 is 11.8 Å². The van der Waals surface area contributed by atoms with Crippen molar-refractivity contribution >= 4 is 22.7 Å². The van der Waals surface area contributed by atoms with Crippen LogP contribution < -0.4 is 10.4 Å². The third-order valence-corrected chi connectivity index (χ3v) is 6.12. The van der Waals surface area contributed by atoms with Crippen molar-refractivity contribution in [3.8, 4) is 22.8 Å². The van der Waals surface area contributed by atoms with Gasteiger partial charge in [0.2, 0.25) is 0 Å². The van der Waals surface area contributed by atoms with Gasteiger partial charge in [-0.25, -0.2) is 9.18 Å². The van der Waals surface area contributed by atoms with Gasteiger partial charge < -0.3 is 9.15 Å². The summed E-state index contributed by atoms with van der Waals surface area (Å²) in [7, 11) is 1.56. The molecule has 164 valence electrons. The maximum absolute atomic E-state index is 13.6. The summed E-state index contributed by atoms with van der Waals surface area (Å²) in [5.41, 5.74) is 2.46. The summed E-state index contributed by atoms with van der Waals surface area (Å²) in [4.78, 5) is 12.1. The summed E-state index contributed by atoms with van der Waals surface area (Å²) < 4.78 is 26.0. The standard InChI is InChI=1S/C25H18FN3O3S/c1-31-20-11-12-21-17(13-23(30)32-22(21)14-20)15-33-25-28-27-24(16-5-3-2-4-6-16)29(25)19-9-7-18(26)8-10-19/h2-14H,15H2,1H3. The molecule has 0 N–H and O–H groups in total. The second kappa shape index (κ2) is 8.91. The van der Waals surface area contributed by atoms with E-state index in [0.29, 0.717) is 28.1 Å². The molecule has 0 radical (unpaired) electrons. The number of rotatable bonds is 6. The van der Waals surface area contributed by atoms with E-state index in [-0.39, 0.29) is 5.82 Å². The topological polar surface area (TPSA) is 70.2 Å². The van der Waals surface area contributed by atoms with Gasteiger partial charge in [-0.3, -0.25) is 4.57 Å². The van der Waals surface area contributed by atoms with E-state index in [4.69, 9.17) is 9.15 Å². The smallest absolute Gasteiger partial charge is 0.336 e. The first-order chi connectivity index (χ1) is 16.1. The minimum Gasteiger partial charge on any atom is -0.497 e. The first-order valence-electron chi connectivity index (χ1n) is 10.1.